The molecular formula is C17H23N2+. The van der Waals surface area contributed by atoms with E-state index >= 15 is 0 Å². The highest BCUT2D eigenvalue weighted by molar-refractivity contribution is 5.88. The summed E-state index contributed by atoms with van der Waals surface area (Å²) in [5, 5.41) is 1.55. The van der Waals surface area contributed by atoms with Crippen LogP contribution in [-0.2, 0) is 25.9 Å². The molecule has 0 atom stereocenters. The van der Waals surface area contributed by atoms with Crippen molar-refractivity contribution in [3.05, 3.63) is 35.0 Å². The van der Waals surface area contributed by atoms with Crippen molar-refractivity contribution in [1.82, 2.24) is 4.57 Å². The average molecular weight is 255 g/mol. The number of likely N-dealkylation sites (N-methyl/N-ethyl adjacent to an activating group) is 1. The van der Waals surface area contributed by atoms with Gasteiger partial charge in [0.15, 0.2) is 0 Å². The van der Waals surface area contributed by atoms with Crippen molar-refractivity contribution in [3.63, 3.8) is 0 Å². The van der Waals surface area contributed by atoms with Crippen LogP contribution in [0.4, 0.5) is 0 Å². The highest BCUT2D eigenvalue weighted by Gasteiger charge is 2.28. The van der Waals surface area contributed by atoms with Gasteiger partial charge in [-0.25, -0.2) is 0 Å². The van der Waals surface area contributed by atoms with E-state index in [1.807, 2.05) is 0 Å². The van der Waals surface area contributed by atoms with E-state index in [-0.39, 0.29) is 0 Å². The fourth-order valence-electron chi connectivity index (χ4n) is 4.05. The Kier molecular flexibility index (Phi) is 2.34. The maximum atomic E-state index is 2.66. The summed E-state index contributed by atoms with van der Waals surface area (Å²) in [6.45, 7) is 3.60. The van der Waals surface area contributed by atoms with Gasteiger partial charge in [0.2, 0.25) is 0 Å². The Morgan fingerprint density at radius 2 is 1.95 bits per heavy atom. The number of quaternary nitrogens is 1. The first-order valence-corrected chi connectivity index (χ1v) is 7.60. The minimum Gasteiger partial charge on any atom is -0.338 e. The van der Waals surface area contributed by atoms with Gasteiger partial charge >= 0.3 is 0 Å². The zero-order chi connectivity index (χ0) is 13.0. The summed E-state index contributed by atoms with van der Waals surface area (Å²) in [6.07, 6.45) is 5.33. The topological polar surface area (TPSA) is 4.93 Å². The molecule has 0 saturated carbocycles. The Balaban J connectivity index is 2.04. The van der Waals surface area contributed by atoms with Crippen LogP contribution in [0, 0.1) is 0 Å². The molecule has 2 heteroatoms. The normalized spacial score (nSPS) is 21.2. The van der Waals surface area contributed by atoms with E-state index in [4.69, 9.17) is 0 Å². The number of aromatic nitrogens is 1. The fraction of sp³-hybridized carbons (Fsp3) is 0.529. The Morgan fingerprint density at radius 3 is 2.84 bits per heavy atom. The lowest BCUT2D eigenvalue weighted by atomic mass is 9.95. The number of benzene rings is 1. The number of aryl methyl sites for hydroxylation is 1. The predicted octanol–water partition coefficient (Wildman–Crippen LogP) is 3.11. The second kappa shape index (κ2) is 3.86. The molecule has 2 heterocycles. The molecule has 100 valence electrons. The summed E-state index contributed by atoms with van der Waals surface area (Å²) < 4.78 is 3.77. The Hall–Kier alpha value is -1.28. The molecule has 0 unspecified atom stereocenters. The van der Waals surface area contributed by atoms with Crippen LogP contribution in [0.2, 0.25) is 0 Å². The SMILES string of the molecule is C[N+]1(C)CCn2c3c(c4cccc(c42)C1)CCCC3. The average Bonchev–Trinajstić information content (AvgIpc) is 2.63. The predicted molar refractivity (Wildman–Crippen MR) is 79.3 cm³/mol. The molecule has 1 aromatic carbocycles. The van der Waals surface area contributed by atoms with Gasteiger partial charge in [-0.3, -0.25) is 0 Å². The molecule has 1 aliphatic carbocycles. The van der Waals surface area contributed by atoms with Gasteiger partial charge in [0.25, 0.3) is 0 Å². The molecule has 0 bridgehead atoms. The number of hydrogen-bond acceptors (Lipinski definition) is 0. The van der Waals surface area contributed by atoms with Crippen LogP contribution in [0.15, 0.2) is 18.2 Å². The first-order chi connectivity index (χ1) is 9.16. The first-order valence-electron chi connectivity index (χ1n) is 7.60. The van der Waals surface area contributed by atoms with Crippen molar-refractivity contribution in [2.75, 3.05) is 20.6 Å². The van der Waals surface area contributed by atoms with Crippen LogP contribution in [0.25, 0.3) is 10.9 Å². The number of para-hydroxylation sites is 1. The summed E-state index contributed by atoms with van der Waals surface area (Å²) >= 11 is 0. The molecule has 2 aromatic rings. The molecular weight excluding hydrogens is 232 g/mol. The maximum absolute atomic E-state index is 2.66. The van der Waals surface area contributed by atoms with Gasteiger partial charge in [0, 0.05) is 16.6 Å². The largest absolute Gasteiger partial charge is 0.338 e. The van der Waals surface area contributed by atoms with Crippen LogP contribution in [0.3, 0.4) is 0 Å². The second-order valence-electron chi connectivity index (χ2n) is 6.91. The van der Waals surface area contributed by atoms with Crippen molar-refractivity contribution < 1.29 is 4.48 Å². The maximum Gasteiger partial charge on any atom is 0.106 e. The molecule has 0 saturated heterocycles. The third kappa shape index (κ3) is 1.66. The van der Waals surface area contributed by atoms with Crippen LogP contribution in [0.1, 0.15) is 29.7 Å². The van der Waals surface area contributed by atoms with Crippen LogP contribution in [-0.4, -0.2) is 29.7 Å². The van der Waals surface area contributed by atoms with Crippen LogP contribution in [0.5, 0.6) is 0 Å². The summed E-state index contributed by atoms with van der Waals surface area (Å²) in [5.41, 5.74) is 6.42. The highest BCUT2D eigenvalue weighted by Crippen LogP contribution is 2.36. The second-order valence-corrected chi connectivity index (χ2v) is 6.91. The molecule has 0 N–H and O–H groups in total. The van der Waals surface area contributed by atoms with Gasteiger partial charge in [0.05, 0.1) is 32.7 Å². The lowest BCUT2D eigenvalue weighted by Gasteiger charge is -2.28. The fourth-order valence-corrected chi connectivity index (χ4v) is 4.05. The zero-order valence-corrected chi connectivity index (χ0v) is 12.1. The summed E-state index contributed by atoms with van der Waals surface area (Å²) in [4.78, 5) is 0. The quantitative estimate of drug-likeness (QED) is 0.637. The van der Waals surface area contributed by atoms with E-state index < -0.39 is 0 Å². The molecule has 19 heavy (non-hydrogen) atoms. The van der Waals surface area contributed by atoms with Gasteiger partial charge in [-0.2, -0.15) is 0 Å². The number of fused-ring (bicyclic) bond motifs is 3. The Bertz CT molecular complexity index is 649. The molecule has 0 radical (unpaired) electrons. The van der Waals surface area contributed by atoms with Crippen LogP contribution >= 0.6 is 0 Å². The molecule has 0 amide bonds. The molecule has 2 aliphatic rings. The van der Waals surface area contributed by atoms with Gasteiger partial charge in [-0.05, 0) is 31.2 Å². The third-order valence-electron chi connectivity index (χ3n) is 5.01. The van der Waals surface area contributed by atoms with E-state index in [9.17, 15) is 0 Å². The summed E-state index contributed by atoms with van der Waals surface area (Å²) in [7, 11) is 4.72. The molecule has 4 rings (SSSR count). The van der Waals surface area contributed by atoms with Crippen molar-refractivity contribution in [3.8, 4) is 0 Å². The smallest absolute Gasteiger partial charge is 0.106 e. The van der Waals surface area contributed by atoms with E-state index in [1.54, 1.807) is 27.7 Å². The highest BCUT2D eigenvalue weighted by atomic mass is 15.3. The van der Waals surface area contributed by atoms with Gasteiger partial charge in [-0.15, -0.1) is 0 Å². The summed E-state index contributed by atoms with van der Waals surface area (Å²) in [6, 6.07) is 6.96. The standard InChI is InChI=1S/C17H23N2/c1-19(2)11-10-18-16-9-4-3-7-14(16)15-8-5-6-13(12-19)17(15)18/h5-6,8H,3-4,7,9-12H2,1-2H3/q+1. The monoisotopic (exact) mass is 255 g/mol. The molecule has 2 nitrogen and oxygen atoms in total. The van der Waals surface area contributed by atoms with Gasteiger partial charge < -0.3 is 9.05 Å². The lowest BCUT2D eigenvalue weighted by Crippen LogP contribution is -2.40. The molecule has 1 aliphatic heterocycles. The first kappa shape index (κ1) is 11.5. The van der Waals surface area contributed by atoms with Gasteiger partial charge in [-0.1, -0.05) is 18.2 Å². The minimum atomic E-state index is 1.11. The lowest BCUT2D eigenvalue weighted by molar-refractivity contribution is -0.903. The third-order valence-corrected chi connectivity index (χ3v) is 5.01. The van der Waals surface area contributed by atoms with Crippen molar-refractivity contribution >= 4 is 10.9 Å². The Morgan fingerprint density at radius 1 is 1.11 bits per heavy atom. The van der Waals surface area contributed by atoms with E-state index in [0.717, 1.165) is 4.48 Å². The van der Waals surface area contributed by atoms with Crippen LogP contribution < -0.4 is 0 Å². The van der Waals surface area contributed by atoms with Crippen molar-refractivity contribution in [2.45, 2.75) is 38.8 Å². The van der Waals surface area contributed by atoms with E-state index in [2.05, 4.69) is 36.9 Å². The molecule has 0 spiro atoms. The molecule has 0 fully saturated rings. The minimum absolute atomic E-state index is 1.11. The summed E-state index contributed by atoms with van der Waals surface area (Å²) in [5.74, 6) is 0. The van der Waals surface area contributed by atoms with E-state index in [0.29, 0.717) is 0 Å². The van der Waals surface area contributed by atoms with Crippen molar-refractivity contribution in [2.24, 2.45) is 0 Å². The number of nitrogens with zero attached hydrogens (tertiary/aromatic N) is 2. The zero-order valence-electron chi connectivity index (χ0n) is 12.1. The number of hydrogen-bond donors (Lipinski definition) is 0. The number of rotatable bonds is 0. The molecule has 1 aromatic heterocycles. The van der Waals surface area contributed by atoms with E-state index in [1.165, 1.54) is 45.3 Å². The van der Waals surface area contributed by atoms with Gasteiger partial charge in [0.1, 0.15) is 6.54 Å². The Labute approximate surface area is 115 Å². The van der Waals surface area contributed by atoms with Crippen molar-refractivity contribution in [1.29, 1.82) is 0 Å².